The second-order valence-electron chi connectivity index (χ2n) is 11.9. The highest BCUT2D eigenvalue weighted by atomic mass is 32.2. The Morgan fingerprint density at radius 2 is 1.19 bits per heavy atom. The smallest absolute Gasteiger partial charge is 0.310 e. The van der Waals surface area contributed by atoms with Crippen LogP contribution in [0.4, 0.5) is 0 Å². The van der Waals surface area contributed by atoms with Gasteiger partial charge in [-0.2, -0.15) is 8.42 Å². The zero-order valence-corrected chi connectivity index (χ0v) is 27.4. The minimum absolute atomic E-state index is 0.169. The molecule has 1 heterocycles. The summed E-state index contributed by atoms with van der Waals surface area (Å²) >= 11 is 0. The number of esters is 1. The van der Waals surface area contributed by atoms with E-state index in [1.54, 1.807) is 74.5 Å². The lowest BCUT2D eigenvalue weighted by Crippen LogP contribution is -2.49. The molecule has 0 spiro atoms. The summed E-state index contributed by atoms with van der Waals surface area (Å²) in [5.74, 6) is -14.8. The van der Waals surface area contributed by atoms with Gasteiger partial charge < -0.3 is 20.1 Å². The van der Waals surface area contributed by atoms with Gasteiger partial charge in [-0.25, -0.2) is 0 Å². The molecule has 0 aliphatic carbocycles. The van der Waals surface area contributed by atoms with Gasteiger partial charge in [-0.1, -0.05) is 74.5 Å². The van der Waals surface area contributed by atoms with Gasteiger partial charge in [-0.15, -0.1) is 0 Å². The molecule has 4 N–H and O–H groups in total. The molecule has 1 fully saturated rings. The van der Waals surface area contributed by atoms with Crippen molar-refractivity contribution in [2.75, 3.05) is 51.6 Å². The fraction of sp³-hybridized carbons (Fsp3) is 0.515. The van der Waals surface area contributed by atoms with E-state index in [2.05, 4.69) is 0 Å². The molecule has 13 nitrogen and oxygen atoms in total. The first-order chi connectivity index (χ1) is 22.2. The number of rotatable bonds is 18. The van der Waals surface area contributed by atoms with E-state index in [1.165, 1.54) is 0 Å². The molecule has 2 aromatic carbocycles. The minimum Gasteiger partial charge on any atom is -0.481 e. The van der Waals surface area contributed by atoms with Crippen LogP contribution in [0.15, 0.2) is 60.7 Å². The zero-order valence-electron chi connectivity index (χ0n) is 26.6. The molecule has 0 bridgehead atoms. The summed E-state index contributed by atoms with van der Waals surface area (Å²) in [6.07, 6.45) is 0.227. The highest BCUT2D eigenvalue weighted by Crippen LogP contribution is 2.43. The van der Waals surface area contributed by atoms with Crippen molar-refractivity contribution in [2.24, 2.45) is 23.7 Å². The fourth-order valence-corrected chi connectivity index (χ4v) is 7.00. The lowest BCUT2D eigenvalue weighted by molar-refractivity contribution is -0.172. The lowest BCUT2D eigenvalue weighted by atomic mass is 9.65. The molecular weight excluding hydrogens is 632 g/mol. The van der Waals surface area contributed by atoms with Gasteiger partial charge >= 0.3 is 23.9 Å². The predicted molar refractivity (Wildman–Crippen MR) is 171 cm³/mol. The number of carboxylic acid groups (broad SMARTS) is 3. The van der Waals surface area contributed by atoms with Crippen molar-refractivity contribution in [2.45, 2.75) is 32.1 Å². The Bertz CT molecular complexity index is 1450. The maximum Gasteiger partial charge on any atom is 0.310 e. The van der Waals surface area contributed by atoms with Gasteiger partial charge in [-0.05, 0) is 29.4 Å². The van der Waals surface area contributed by atoms with Crippen LogP contribution >= 0.6 is 0 Å². The molecule has 6 unspecified atom stereocenters. The largest absolute Gasteiger partial charge is 0.481 e. The predicted octanol–water partition coefficient (Wildman–Crippen LogP) is 2.75. The molecule has 1 aliphatic heterocycles. The average molecular weight is 677 g/mol. The number of hydrogen-bond acceptors (Lipinski definition) is 9. The summed E-state index contributed by atoms with van der Waals surface area (Å²) in [5, 5.41) is 31.6. The number of piperazine rings is 1. The van der Waals surface area contributed by atoms with Crippen molar-refractivity contribution in [3.05, 3.63) is 71.8 Å². The summed E-state index contributed by atoms with van der Waals surface area (Å²) in [6, 6.07) is 17.0. The van der Waals surface area contributed by atoms with Crippen molar-refractivity contribution in [1.29, 1.82) is 0 Å². The number of hydrogen-bond donors (Lipinski definition) is 4. The number of carbonyl (C=O) groups excluding carboxylic acids is 1. The Kier molecular flexibility index (Phi) is 13.9. The fourth-order valence-electron chi connectivity index (χ4n) is 6.52. The van der Waals surface area contributed by atoms with Crippen molar-refractivity contribution >= 4 is 34.0 Å². The first-order valence-corrected chi connectivity index (χ1v) is 17.2. The van der Waals surface area contributed by atoms with Crippen LogP contribution < -0.4 is 0 Å². The molecule has 6 atom stereocenters. The van der Waals surface area contributed by atoms with Crippen LogP contribution in [0.25, 0.3) is 0 Å². The van der Waals surface area contributed by atoms with Gasteiger partial charge in [0, 0.05) is 39.3 Å². The topological polar surface area (TPSA) is 199 Å². The van der Waals surface area contributed by atoms with Crippen LogP contribution in [-0.2, 0) is 34.0 Å². The zero-order chi connectivity index (χ0) is 34.7. The minimum atomic E-state index is -4.09. The maximum absolute atomic E-state index is 14.0. The number of carbonyl (C=O) groups is 4. The Morgan fingerprint density at radius 1 is 0.723 bits per heavy atom. The average Bonchev–Trinajstić information content (AvgIpc) is 3.03. The molecule has 0 aromatic heterocycles. The van der Waals surface area contributed by atoms with Crippen molar-refractivity contribution in [3.8, 4) is 0 Å². The number of benzene rings is 2. The van der Waals surface area contributed by atoms with Gasteiger partial charge in [-0.3, -0.25) is 33.5 Å². The Hall–Kier alpha value is -3.85. The second-order valence-corrected chi connectivity index (χ2v) is 13.5. The van der Waals surface area contributed by atoms with E-state index in [0.29, 0.717) is 37.3 Å². The van der Waals surface area contributed by atoms with Gasteiger partial charge in [0.2, 0.25) is 0 Å². The van der Waals surface area contributed by atoms with E-state index in [-0.39, 0.29) is 31.9 Å². The maximum atomic E-state index is 14.0. The lowest BCUT2D eigenvalue weighted by Gasteiger charge is -2.37. The molecule has 2 aromatic rings. The summed E-state index contributed by atoms with van der Waals surface area (Å²) < 4.78 is 36.8. The first-order valence-electron chi connectivity index (χ1n) is 15.6. The van der Waals surface area contributed by atoms with Crippen LogP contribution in [0.5, 0.6) is 0 Å². The summed E-state index contributed by atoms with van der Waals surface area (Å²) in [5.41, 5.74) is 1.09. The van der Waals surface area contributed by atoms with Crippen LogP contribution in [0, 0.1) is 23.7 Å². The molecule has 3 rings (SSSR count). The molecule has 258 valence electrons. The van der Waals surface area contributed by atoms with Gasteiger partial charge in [0.1, 0.15) is 6.61 Å². The van der Waals surface area contributed by atoms with Crippen molar-refractivity contribution in [3.63, 3.8) is 0 Å². The number of aliphatic carboxylic acids is 3. The van der Waals surface area contributed by atoms with Crippen LogP contribution in [0.1, 0.15) is 43.2 Å². The molecule has 0 radical (unpaired) electrons. The monoisotopic (exact) mass is 676 g/mol. The SMILES string of the molecule is CCC(c1ccccc1)C(C(=O)O)C(C(=O)OCCN1CCN(CCS(=O)(=O)O)CC1)C(C(=O)O)C(C(=O)O)C(C)c1ccccc1. The van der Waals surface area contributed by atoms with Crippen LogP contribution in [-0.4, -0.2) is 114 Å². The van der Waals surface area contributed by atoms with Crippen LogP contribution in [0.3, 0.4) is 0 Å². The van der Waals surface area contributed by atoms with E-state index in [1.807, 2.05) is 9.80 Å². The molecule has 1 aliphatic rings. The van der Waals surface area contributed by atoms with Crippen molar-refractivity contribution < 1.29 is 52.2 Å². The van der Waals surface area contributed by atoms with E-state index in [4.69, 9.17) is 9.29 Å². The molecule has 14 heteroatoms. The number of ether oxygens (including phenoxy) is 1. The number of nitrogens with zero attached hydrogens (tertiary/aromatic N) is 2. The molecular formula is C33H44N2O11S. The highest BCUT2D eigenvalue weighted by Gasteiger charge is 2.53. The Morgan fingerprint density at radius 3 is 1.64 bits per heavy atom. The Labute approximate surface area is 274 Å². The van der Waals surface area contributed by atoms with Crippen molar-refractivity contribution in [1.82, 2.24) is 9.80 Å². The van der Waals surface area contributed by atoms with E-state index < -0.39 is 69.5 Å². The molecule has 0 amide bonds. The normalized spacial score (nSPS) is 18.3. The van der Waals surface area contributed by atoms with Crippen LogP contribution in [0.2, 0.25) is 0 Å². The third kappa shape index (κ3) is 10.6. The summed E-state index contributed by atoms with van der Waals surface area (Å²) in [4.78, 5) is 56.7. The quantitative estimate of drug-likeness (QED) is 0.133. The van der Waals surface area contributed by atoms with E-state index in [9.17, 15) is 42.9 Å². The highest BCUT2D eigenvalue weighted by molar-refractivity contribution is 7.85. The van der Waals surface area contributed by atoms with E-state index in [0.717, 1.165) is 0 Å². The van der Waals surface area contributed by atoms with Gasteiger partial charge in [0.25, 0.3) is 10.1 Å². The van der Waals surface area contributed by atoms with E-state index >= 15 is 0 Å². The number of carboxylic acids is 3. The molecule has 0 saturated carbocycles. The Balaban J connectivity index is 1.93. The third-order valence-electron chi connectivity index (χ3n) is 9.04. The summed E-state index contributed by atoms with van der Waals surface area (Å²) in [6.45, 7) is 5.49. The summed E-state index contributed by atoms with van der Waals surface area (Å²) in [7, 11) is -4.09. The molecule has 1 saturated heterocycles. The first kappa shape index (κ1) is 37.6. The van der Waals surface area contributed by atoms with Gasteiger partial charge in [0.15, 0.2) is 0 Å². The third-order valence-corrected chi connectivity index (χ3v) is 9.73. The van der Waals surface area contributed by atoms with Gasteiger partial charge in [0.05, 0.1) is 29.4 Å². The standard InChI is InChI=1S/C33H44N2O11S/c1-3-25(24-12-8-5-9-13-24)27(31(38)39)29(28(32(40)41)26(30(36)37)22(2)23-10-6-4-7-11-23)33(42)46-20-18-34-14-16-35(17-15-34)19-21-47(43,44)45/h4-13,22,25-29H,3,14-21H2,1-2H3,(H,36,37)(H,38,39)(H,40,41)(H,43,44,45). The second kappa shape index (κ2) is 17.3. The molecule has 47 heavy (non-hydrogen) atoms.